The van der Waals surface area contributed by atoms with Gasteiger partial charge in [-0.25, -0.2) is 4.79 Å². The van der Waals surface area contributed by atoms with Gasteiger partial charge in [0.2, 0.25) is 0 Å². The van der Waals surface area contributed by atoms with Crippen molar-refractivity contribution in [3.63, 3.8) is 0 Å². The highest BCUT2D eigenvalue weighted by Gasteiger charge is 2.37. The Morgan fingerprint density at radius 2 is 1.31 bits per heavy atom. The first-order valence-electron chi connectivity index (χ1n) is 18.5. The Kier molecular flexibility index (Phi) is 11.6. The van der Waals surface area contributed by atoms with Gasteiger partial charge in [0.1, 0.15) is 6.10 Å². The molecular weight excluding hydrogens is 643 g/mol. The Morgan fingerprint density at radius 3 is 1.87 bits per heavy atom. The molecule has 2 aromatic heterocycles. The summed E-state index contributed by atoms with van der Waals surface area (Å²) in [5.74, 6) is 2.16. The van der Waals surface area contributed by atoms with E-state index in [-0.39, 0.29) is 30.1 Å². The number of rotatable bonds is 8. The first kappa shape index (κ1) is 36.3. The van der Waals surface area contributed by atoms with Gasteiger partial charge in [0.25, 0.3) is 0 Å². The quantitative estimate of drug-likeness (QED) is 0.197. The fourth-order valence-electron chi connectivity index (χ4n) is 7.90. The van der Waals surface area contributed by atoms with E-state index in [1.54, 1.807) is 0 Å². The summed E-state index contributed by atoms with van der Waals surface area (Å²) in [7, 11) is 0. The molecule has 0 radical (unpaired) electrons. The summed E-state index contributed by atoms with van der Waals surface area (Å²) < 4.78 is 6.14. The van der Waals surface area contributed by atoms with Crippen LogP contribution in [0.2, 0.25) is 0 Å². The zero-order valence-electron chi connectivity index (χ0n) is 30.4. The monoisotopic (exact) mass is 689 g/mol. The lowest BCUT2D eigenvalue weighted by atomic mass is 9.71. The standard InChI is InChI=1S/C45H47N5O2/c1-29-13-22-44(41(32(29)4)21-20-39-19-16-37(28-49-39)43-12-8-6-10-35(43)26-47)50-45(51)52-40-23-30(2)31(3)33(24-40)14-17-38-18-15-36(27-48-38)42-11-7-5-9-34(42)25-46/h5-12,14-21,27-33,40-41,44H,13,22-24H2,1-4H3,(H,50,51)/b17-14+,21-20+/t29-,30-,31+,32+,33+,40?,41-,44-/m0/s1. The van der Waals surface area contributed by atoms with Crippen LogP contribution in [0, 0.1) is 58.2 Å². The predicted molar refractivity (Wildman–Crippen MR) is 206 cm³/mol. The molecule has 2 aliphatic rings. The van der Waals surface area contributed by atoms with Crippen LogP contribution in [0.4, 0.5) is 4.79 Å². The fraction of sp³-hybridized carbons (Fsp3) is 0.356. The summed E-state index contributed by atoms with van der Waals surface area (Å²) in [5, 5.41) is 22.2. The Balaban J connectivity index is 1.08. The molecule has 8 atom stereocenters. The van der Waals surface area contributed by atoms with E-state index in [9.17, 15) is 15.3 Å². The van der Waals surface area contributed by atoms with Crippen LogP contribution < -0.4 is 5.32 Å². The Labute approximate surface area is 308 Å². The predicted octanol–water partition coefficient (Wildman–Crippen LogP) is 10.1. The molecule has 2 saturated carbocycles. The fourth-order valence-corrected chi connectivity index (χ4v) is 7.90. The van der Waals surface area contributed by atoms with Crippen molar-refractivity contribution in [3.05, 3.63) is 120 Å². The van der Waals surface area contributed by atoms with Crippen molar-refractivity contribution in [3.8, 4) is 34.4 Å². The maximum atomic E-state index is 13.4. The molecule has 2 heterocycles. The van der Waals surface area contributed by atoms with E-state index in [2.05, 4.69) is 73.3 Å². The van der Waals surface area contributed by atoms with Crippen molar-refractivity contribution in [2.75, 3.05) is 0 Å². The number of pyridine rings is 2. The van der Waals surface area contributed by atoms with E-state index in [0.29, 0.717) is 34.8 Å². The molecule has 6 rings (SSSR count). The van der Waals surface area contributed by atoms with Gasteiger partial charge in [-0.15, -0.1) is 0 Å². The largest absolute Gasteiger partial charge is 0.446 e. The molecule has 264 valence electrons. The Bertz CT molecular complexity index is 1990. The molecule has 0 aliphatic heterocycles. The number of nitrogens with zero attached hydrogens (tertiary/aromatic N) is 4. The van der Waals surface area contributed by atoms with Gasteiger partial charge < -0.3 is 10.1 Å². The maximum absolute atomic E-state index is 13.4. The van der Waals surface area contributed by atoms with Crippen LogP contribution in [0.15, 0.2) is 97.3 Å². The third-order valence-corrected chi connectivity index (χ3v) is 11.5. The van der Waals surface area contributed by atoms with E-state index in [1.165, 1.54) is 0 Å². The smallest absolute Gasteiger partial charge is 0.407 e. The van der Waals surface area contributed by atoms with Gasteiger partial charge in [0.15, 0.2) is 0 Å². The number of alkyl carbamates (subject to hydrolysis) is 1. The van der Waals surface area contributed by atoms with Crippen LogP contribution in [-0.2, 0) is 4.74 Å². The van der Waals surface area contributed by atoms with Crippen molar-refractivity contribution < 1.29 is 9.53 Å². The SMILES string of the molecule is C[C@H]1[C@H](/C=C/c2ccc(-c3ccccc3C#N)cn2)[C@@H](NC(=O)OC2C[C@@H](/C=C/c3ccc(-c4ccccc4C#N)cn3)[C@H](C)[C@@H](C)C2)CC[C@@H]1C. The maximum Gasteiger partial charge on any atom is 0.407 e. The van der Waals surface area contributed by atoms with Crippen LogP contribution in [0.5, 0.6) is 0 Å². The molecule has 4 aromatic rings. The number of benzene rings is 2. The van der Waals surface area contributed by atoms with E-state index >= 15 is 0 Å². The first-order valence-corrected chi connectivity index (χ1v) is 18.5. The Morgan fingerprint density at radius 1 is 0.731 bits per heavy atom. The Hall–Kier alpha value is -5.53. The molecule has 1 amide bonds. The highest BCUT2D eigenvalue weighted by Crippen LogP contribution is 2.39. The number of carbonyl (C=O) groups excluding carboxylic acids is 1. The molecular formula is C45H47N5O2. The topological polar surface area (TPSA) is 112 Å². The average molecular weight is 690 g/mol. The lowest BCUT2D eigenvalue weighted by molar-refractivity contribution is 0.0265. The summed E-state index contributed by atoms with van der Waals surface area (Å²) in [5.41, 5.74) is 6.52. The van der Waals surface area contributed by atoms with Crippen molar-refractivity contribution in [2.24, 2.45) is 35.5 Å². The zero-order chi connectivity index (χ0) is 36.6. The molecule has 7 nitrogen and oxygen atoms in total. The number of nitriles is 2. The number of hydrogen-bond donors (Lipinski definition) is 1. The van der Waals surface area contributed by atoms with Gasteiger partial charge in [-0.1, -0.05) is 88.4 Å². The highest BCUT2D eigenvalue weighted by molar-refractivity contribution is 5.71. The number of ether oxygens (including phenoxy) is 1. The molecule has 2 aromatic carbocycles. The van der Waals surface area contributed by atoms with Gasteiger partial charge in [0, 0.05) is 46.6 Å². The normalized spacial score (nSPS) is 26.0. The summed E-state index contributed by atoms with van der Waals surface area (Å²) in [6.45, 7) is 9.07. The molecule has 52 heavy (non-hydrogen) atoms. The summed E-state index contributed by atoms with van der Waals surface area (Å²) in [6, 6.07) is 27.6. The van der Waals surface area contributed by atoms with Crippen LogP contribution in [0.1, 0.15) is 75.9 Å². The van der Waals surface area contributed by atoms with E-state index in [1.807, 2.05) is 91.3 Å². The molecule has 0 saturated heterocycles. The van der Waals surface area contributed by atoms with Crippen LogP contribution in [0.25, 0.3) is 34.4 Å². The summed E-state index contributed by atoms with van der Waals surface area (Å²) >= 11 is 0. The van der Waals surface area contributed by atoms with Crippen LogP contribution in [-0.4, -0.2) is 28.2 Å². The van der Waals surface area contributed by atoms with Crippen molar-refractivity contribution in [1.82, 2.24) is 15.3 Å². The molecule has 1 unspecified atom stereocenters. The van der Waals surface area contributed by atoms with E-state index in [0.717, 1.165) is 59.3 Å². The van der Waals surface area contributed by atoms with Gasteiger partial charge in [0.05, 0.1) is 34.7 Å². The van der Waals surface area contributed by atoms with Crippen LogP contribution >= 0.6 is 0 Å². The molecule has 7 heteroatoms. The van der Waals surface area contributed by atoms with Crippen LogP contribution in [0.3, 0.4) is 0 Å². The lowest BCUT2D eigenvalue weighted by Gasteiger charge is -2.40. The summed E-state index contributed by atoms with van der Waals surface area (Å²) in [4.78, 5) is 22.8. The van der Waals surface area contributed by atoms with Crippen molar-refractivity contribution in [1.29, 1.82) is 10.5 Å². The average Bonchev–Trinajstić information content (AvgIpc) is 3.17. The summed E-state index contributed by atoms with van der Waals surface area (Å²) in [6.07, 6.45) is 15.2. The second-order valence-corrected chi connectivity index (χ2v) is 14.7. The molecule has 1 N–H and O–H groups in total. The minimum atomic E-state index is -0.340. The van der Waals surface area contributed by atoms with Crippen molar-refractivity contribution >= 4 is 18.2 Å². The third-order valence-electron chi connectivity index (χ3n) is 11.5. The number of hydrogen-bond acceptors (Lipinski definition) is 6. The first-order chi connectivity index (χ1) is 25.2. The number of nitrogens with one attached hydrogen (secondary N) is 1. The second kappa shape index (κ2) is 16.7. The third kappa shape index (κ3) is 8.49. The van der Waals surface area contributed by atoms with Gasteiger partial charge >= 0.3 is 6.09 Å². The van der Waals surface area contributed by atoms with Gasteiger partial charge in [-0.3, -0.25) is 9.97 Å². The van der Waals surface area contributed by atoms with Crippen molar-refractivity contribution in [2.45, 2.75) is 65.5 Å². The second-order valence-electron chi connectivity index (χ2n) is 14.7. The molecule has 2 fully saturated rings. The minimum absolute atomic E-state index is 0.0264. The molecule has 0 bridgehead atoms. The van der Waals surface area contributed by atoms with E-state index < -0.39 is 0 Å². The lowest BCUT2D eigenvalue weighted by Crippen LogP contribution is -2.47. The highest BCUT2D eigenvalue weighted by atomic mass is 16.6. The molecule has 0 spiro atoms. The number of aromatic nitrogens is 2. The minimum Gasteiger partial charge on any atom is -0.446 e. The van der Waals surface area contributed by atoms with Gasteiger partial charge in [-0.2, -0.15) is 10.5 Å². The number of amides is 1. The zero-order valence-corrected chi connectivity index (χ0v) is 30.4. The van der Waals surface area contributed by atoms with E-state index in [4.69, 9.17) is 4.74 Å². The number of carbonyl (C=O) groups is 1. The molecule has 2 aliphatic carbocycles. The van der Waals surface area contributed by atoms with Gasteiger partial charge in [-0.05, 0) is 91.7 Å². The number of allylic oxidation sites excluding steroid dienone is 1.